The monoisotopic (exact) mass is 312 g/mol. The number of aliphatic carboxylic acids is 1. The number of amides is 2. The summed E-state index contributed by atoms with van der Waals surface area (Å²) in [6.07, 6.45) is 3.44. The molecule has 0 aliphatic carbocycles. The minimum absolute atomic E-state index is 0.0261. The van der Waals surface area contributed by atoms with Crippen molar-refractivity contribution in [2.75, 3.05) is 29.6 Å². The number of likely N-dealkylation sites (tertiary alicyclic amines) is 1. The van der Waals surface area contributed by atoms with Crippen LogP contribution in [0.4, 0.5) is 16.2 Å². The van der Waals surface area contributed by atoms with Gasteiger partial charge in [0.05, 0.1) is 17.1 Å². The van der Waals surface area contributed by atoms with Gasteiger partial charge in [-0.05, 0) is 25.0 Å². The van der Waals surface area contributed by atoms with Crippen molar-refractivity contribution in [3.63, 3.8) is 0 Å². The van der Waals surface area contributed by atoms with Crippen molar-refractivity contribution in [2.45, 2.75) is 12.8 Å². The summed E-state index contributed by atoms with van der Waals surface area (Å²) < 4.78 is 0. The van der Waals surface area contributed by atoms with Gasteiger partial charge in [-0.15, -0.1) is 0 Å². The third-order valence-corrected chi connectivity index (χ3v) is 4.38. The average molecular weight is 312 g/mol. The summed E-state index contributed by atoms with van der Waals surface area (Å²) in [5.74, 6) is -1.12. The number of carbonyl (C=O) groups excluding carboxylic acids is 1. The van der Waals surface area contributed by atoms with E-state index in [0.29, 0.717) is 31.1 Å². The maximum Gasteiger partial charge on any atom is 0.355 e. The first kappa shape index (κ1) is 13.8. The van der Waals surface area contributed by atoms with Gasteiger partial charge in [-0.2, -0.15) is 0 Å². The Balaban J connectivity index is 1.88. The van der Waals surface area contributed by atoms with Crippen LogP contribution in [0.25, 0.3) is 0 Å². The lowest BCUT2D eigenvalue weighted by Crippen LogP contribution is -2.47. The second-order valence-corrected chi connectivity index (χ2v) is 5.72. The third kappa shape index (κ3) is 2.00. The van der Waals surface area contributed by atoms with E-state index in [0.717, 1.165) is 18.5 Å². The van der Waals surface area contributed by atoms with Gasteiger partial charge in [0, 0.05) is 19.3 Å². The number of carboxylic acid groups (broad SMARTS) is 1. The number of hydrogen-bond donors (Lipinski definition) is 1. The lowest BCUT2D eigenvalue weighted by atomic mass is 10.1. The number of anilines is 2. The van der Waals surface area contributed by atoms with Crippen molar-refractivity contribution >= 4 is 29.6 Å². The second-order valence-electron chi connectivity index (χ2n) is 5.72. The molecule has 2 amide bonds. The van der Waals surface area contributed by atoms with E-state index in [1.807, 2.05) is 23.1 Å². The van der Waals surface area contributed by atoms with Crippen LogP contribution in [0.5, 0.6) is 0 Å². The van der Waals surface area contributed by atoms with E-state index in [1.54, 1.807) is 11.0 Å². The van der Waals surface area contributed by atoms with Crippen LogP contribution in [0.1, 0.15) is 12.8 Å². The average Bonchev–Trinajstić information content (AvgIpc) is 3.24. The van der Waals surface area contributed by atoms with Gasteiger partial charge in [-0.3, -0.25) is 9.89 Å². The van der Waals surface area contributed by atoms with Crippen LogP contribution in [-0.2, 0) is 4.79 Å². The fourth-order valence-corrected chi connectivity index (χ4v) is 3.32. The molecule has 3 heterocycles. The number of carboxylic acids is 1. The van der Waals surface area contributed by atoms with Gasteiger partial charge in [0.2, 0.25) is 0 Å². The topological polar surface area (TPSA) is 76.5 Å². The van der Waals surface area contributed by atoms with Crippen molar-refractivity contribution in [2.24, 2.45) is 4.99 Å². The first-order valence-corrected chi connectivity index (χ1v) is 7.61. The summed E-state index contributed by atoms with van der Waals surface area (Å²) in [7, 11) is 0. The van der Waals surface area contributed by atoms with E-state index in [-0.39, 0.29) is 11.7 Å². The molecule has 0 unspecified atom stereocenters. The highest BCUT2D eigenvalue weighted by Gasteiger charge is 2.40. The highest BCUT2D eigenvalue weighted by Crippen LogP contribution is 2.41. The Kier molecular flexibility index (Phi) is 3.07. The van der Waals surface area contributed by atoms with Crippen LogP contribution < -0.4 is 9.80 Å². The largest absolute Gasteiger partial charge is 0.476 e. The number of para-hydroxylation sites is 2. The van der Waals surface area contributed by atoms with E-state index < -0.39 is 5.97 Å². The Morgan fingerprint density at radius 3 is 2.48 bits per heavy atom. The number of aliphatic imine (C=N–C) groups is 1. The molecule has 1 N–H and O–H groups in total. The standard InChI is InChI=1S/C16H16N4O3/c21-15(22)14-13-9-17-10-19(13)11-5-1-2-6-12(11)20(14)16(23)18-7-3-4-8-18/h1-2,5-6,9H,3-4,7-8,10H2,(H,21,22). The van der Waals surface area contributed by atoms with Gasteiger partial charge in [0.25, 0.3) is 0 Å². The number of rotatable bonds is 1. The molecule has 3 aliphatic rings. The van der Waals surface area contributed by atoms with E-state index in [2.05, 4.69) is 4.99 Å². The van der Waals surface area contributed by atoms with E-state index in [9.17, 15) is 14.7 Å². The predicted octanol–water partition coefficient (Wildman–Crippen LogP) is 1.87. The summed E-state index contributed by atoms with van der Waals surface area (Å²) in [6.45, 7) is 1.70. The SMILES string of the molecule is O=C(O)C1=C2C=NCN2c2ccccc2N1C(=O)N1CCCC1. The Labute approximate surface area is 133 Å². The highest BCUT2D eigenvalue weighted by atomic mass is 16.4. The molecule has 1 saturated heterocycles. The maximum absolute atomic E-state index is 13.0. The molecule has 0 aromatic heterocycles. The van der Waals surface area contributed by atoms with Gasteiger partial charge in [0.15, 0.2) is 5.70 Å². The lowest BCUT2D eigenvalue weighted by Gasteiger charge is -2.37. The van der Waals surface area contributed by atoms with Crippen LogP contribution in [0.15, 0.2) is 40.7 Å². The predicted molar refractivity (Wildman–Crippen MR) is 85.6 cm³/mol. The van der Waals surface area contributed by atoms with E-state index in [1.165, 1.54) is 11.1 Å². The maximum atomic E-state index is 13.0. The molecule has 0 radical (unpaired) electrons. The van der Waals surface area contributed by atoms with Gasteiger partial charge in [-0.25, -0.2) is 9.59 Å². The minimum atomic E-state index is -1.12. The smallest absolute Gasteiger partial charge is 0.355 e. The molecular weight excluding hydrogens is 296 g/mol. The van der Waals surface area contributed by atoms with Crippen molar-refractivity contribution in [3.05, 3.63) is 35.7 Å². The molecule has 7 heteroatoms. The number of urea groups is 1. The van der Waals surface area contributed by atoms with Gasteiger partial charge < -0.3 is 14.9 Å². The van der Waals surface area contributed by atoms with Crippen molar-refractivity contribution in [1.82, 2.24) is 4.90 Å². The molecule has 0 saturated carbocycles. The highest BCUT2D eigenvalue weighted by molar-refractivity contribution is 6.14. The van der Waals surface area contributed by atoms with Crippen LogP contribution in [-0.4, -0.2) is 48.0 Å². The van der Waals surface area contributed by atoms with Crippen LogP contribution >= 0.6 is 0 Å². The zero-order chi connectivity index (χ0) is 16.0. The molecule has 1 aromatic carbocycles. The van der Waals surface area contributed by atoms with E-state index in [4.69, 9.17) is 0 Å². The fourth-order valence-electron chi connectivity index (χ4n) is 3.32. The summed E-state index contributed by atoms with van der Waals surface area (Å²) >= 11 is 0. The van der Waals surface area contributed by atoms with Gasteiger partial charge in [-0.1, -0.05) is 12.1 Å². The molecular formula is C16H16N4O3. The number of allylic oxidation sites excluding steroid dienone is 1. The van der Waals surface area contributed by atoms with E-state index >= 15 is 0 Å². The first-order valence-electron chi connectivity index (χ1n) is 7.61. The minimum Gasteiger partial charge on any atom is -0.476 e. The molecule has 23 heavy (non-hydrogen) atoms. The summed E-state index contributed by atoms with van der Waals surface area (Å²) in [5, 5.41) is 9.71. The number of nitrogens with zero attached hydrogens (tertiary/aromatic N) is 4. The third-order valence-electron chi connectivity index (χ3n) is 4.38. The quantitative estimate of drug-likeness (QED) is 0.859. The number of carbonyl (C=O) groups is 2. The Hall–Kier alpha value is -2.83. The van der Waals surface area contributed by atoms with Crippen LogP contribution in [0.2, 0.25) is 0 Å². The van der Waals surface area contributed by atoms with Crippen LogP contribution in [0, 0.1) is 0 Å². The lowest BCUT2D eigenvalue weighted by molar-refractivity contribution is -0.132. The second kappa shape index (κ2) is 5.12. The summed E-state index contributed by atoms with van der Waals surface area (Å²) in [5.41, 5.74) is 1.83. The van der Waals surface area contributed by atoms with Crippen molar-refractivity contribution in [3.8, 4) is 0 Å². The molecule has 0 bridgehead atoms. The van der Waals surface area contributed by atoms with Crippen molar-refractivity contribution in [1.29, 1.82) is 0 Å². The Morgan fingerprint density at radius 2 is 1.78 bits per heavy atom. The molecule has 118 valence electrons. The number of fused-ring (bicyclic) bond motifs is 3. The van der Waals surface area contributed by atoms with Crippen LogP contribution in [0.3, 0.4) is 0 Å². The molecule has 3 aliphatic heterocycles. The zero-order valence-corrected chi connectivity index (χ0v) is 12.5. The summed E-state index contributed by atoms with van der Waals surface area (Å²) in [6, 6.07) is 7.07. The number of benzene rings is 1. The Bertz CT molecular complexity index is 749. The van der Waals surface area contributed by atoms with Crippen molar-refractivity contribution < 1.29 is 14.7 Å². The zero-order valence-electron chi connectivity index (χ0n) is 12.5. The van der Waals surface area contributed by atoms with Gasteiger partial charge >= 0.3 is 12.0 Å². The molecule has 7 nitrogen and oxygen atoms in total. The molecule has 0 atom stereocenters. The fraction of sp³-hybridized carbons (Fsp3) is 0.312. The molecule has 0 spiro atoms. The summed E-state index contributed by atoms with van der Waals surface area (Å²) in [4.78, 5) is 33.9. The molecule has 1 aromatic rings. The first-order chi connectivity index (χ1) is 11.2. The number of hydrogen-bond acceptors (Lipinski definition) is 4. The normalized spacial score (nSPS) is 19.2. The Morgan fingerprint density at radius 1 is 1.09 bits per heavy atom. The molecule has 1 fully saturated rings. The molecule has 4 rings (SSSR count). The van der Waals surface area contributed by atoms with Gasteiger partial charge in [0.1, 0.15) is 6.67 Å².